The van der Waals surface area contributed by atoms with Crippen molar-refractivity contribution in [2.24, 2.45) is 0 Å². The summed E-state index contributed by atoms with van der Waals surface area (Å²) in [5.74, 6) is 0.847. The van der Waals surface area contributed by atoms with Crippen molar-refractivity contribution in [3.05, 3.63) is 82.3 Å². The summed E-state index contributed by atoms with van der Waals surface area (Å²) in [6.45, 7) is 1.89. The Morgan fingerprint density at radius 2 is 1.46 bits per heavy atom. The van der Waals surface area contributed by atoms with E-state index in [9.17, 15) is 8.42 Å². The van der Waals surface area contributed by atoms with Crippen LogP contribution in [-0.2, 0) is 10.0 Å². The number of halogens is 2. The number of nitrogens with one attached hydrogen (secondary N) is 1. The van der Waals surface area contributed by atoms with Crippen LogP contribution in [0, 0.1) is 6.92 Å². The fraction of sp³-hybridized carbons (Fsp3) is 0.0526. The SMILES string of the molecule is Cc1ccc(S(=O)(=O)Nc2cc(Cl)ccc2Oc2ccc(Cl)cc2)cc1. The normalized spacial score (nSPS) is 11.2. The predicted octanol–water partition coefficient (Wildman–Crippen LogP) is 5.89. The van der Waals surface area contributed by atoms with Crippen LogP contribution in [0.5, 0.6) is 11.5 Å². The molecule has 0 atom stereocenters. The maximum atomic E-state index is 12.6. The van der Waals surface area contributed by atoms with Crippen LogP contribution in [0.3, 0.4) is 0 Å². The molecule has 0 unspecified atom stereocenters. The highest BCUT2D eigenvalue weighted by molar-refractivity contribution is 7.92. The third-order valence-corrected chi connectivity index (χ3v) is 5.43. The van der Waals surface area contributed by atoms with Gasteiger partial charge in [0.05, 0.1) is 10.6 Å². The molecule has 0 aromatic heterocycles. The van der Waals surface area contributed by atoms with Crippen molar-refractivity contribution < 1.29 is 13.2 Å². The number of ether oxygens (including phenoxy) is 1. The van der Waals surface area contributed by atoms with Gasteiger partial charge in [0.2, 0.25) is 0 Å². The summed E-state index contributed by atoms with van der Waals surface area (Å²) in [6.07, 6.45) is 0. The molecule has 0 aliphatic rings. The molecule has 0 aliphatic heterocycles. The zero-order chi connectivity index (χ0) is 18.7. The van der Waals surface area contributed by atoms with Gasteiger partial charge in [-0.3, -0.25) is 4.72 Å². The molecule has 3 aromatic carbocycles. The number of benzene rings is 3. The summed E-state index contributed by atoms with van der Waals surface area (Å²) >= 11 is 11.9. The van der Waals surface area contributed by atoms with Crippen molar-refractivity contribution in [2.45, 2.75) is 11.8 Å². The Kier molecular flexibility index (Phi) is 5.41. The van der Waals surface area contributed by atoms with E-state index in [2.05, 4.69) is 4.72 Å². The monoisotopic (exact) mass is 407 g/mol. The van der Waals surface area contributed by atoms with Crippen molar-refractivity contribution in [1.82, 2.24) is 0 Å². The highest BCUT2D eigenvalue weighted by atomic mass is 35.5. The molecule has 0 bridgehead atoms. The molecular formula is C19H15Cl2NO3S. The van der Waals surface area contributed by atoms with Gasteiger partial charge in [0.1, 0.15) is 5.75 Å². The fourth-order valence-electron chi connectivity index (χ4n) is 2.22. The lowest BCUT2D eigenvalue weighted by molar-refractivity contribution is 0.485. The standard InChI is InChI=1S/C19H15Cl2NO3S/c1-13-2-9-17(10-3-13)26(23,24)22-18-12-15(21)6-11-19(18)25-16-7-4-14(20)5-8-16/h2-12,22H,1H3. The van der Waals surface area contributed by atoms with Gasteiger partial charge in [-0.2, -0.15) is 0 Å². The Bertz CT molecular complexity index is 1020. The molecule has 3 aromatic rings. The largest absolute Gasteiger partial charge is 0.455 e. The second-order valence-corrected chi connectivity index (χ2v) is 8.17. The molecule has 0 aliphatic carbocycles. The van der Waals surface area contributed by atoms with Crippen LogP contribution in [0.1, 0.15) is 5.56 Å². The zero-order valence-corrected chi connectivity index (χ0v) is 16.1. The lowest BCUT2D eigenvalue weighted by atomic mass is 10.2. The van der Waals surface area contributed by atoms with Crippen molar-refractivity contribution in [3.63, 3.8) is 0 Å². The van der Waals surface area contributed by atoms with Gasteiger partial charge in [-0.05, 0) is 61.5 Å². The number of hydrogen-bond donors (Lipinski definition) is 1. The highest BCUT2D eigenvalue weighted by Gasteiger charge is 2.17. The summed E-state index contributed by atoms with van der Waals surface area (Å²) in [6, 6.07) is 18.0. The molecule has 7 heteroatoms. The van der Waals surface area contributed by atoms with Crippen LogP contribution >= 0.6 is 23.2 Å². The van der Waals surface area contributed by atoms with Gasteiger partial charge in [-0.1, -0.05) is 40.9 Å². The van der Waals surface area contributed by atoms with E-state index < -0.39 is 10.0 Å². The van der Waals surface area contributed by atoms with Crippen LogP contribution in [0.2, 0.25) is 10.0 Å². The molecule has 0 heterocycles. The maximum Gasteiger partial charge on any atom is 0.262 e. The quantitative estimate of drug-likeness (QED) is 0.572. The first kappa shape index (κ1) is 18.6. The third kappa shape index (κ3) is 4.49. The first-order chi connectivity index (χ1) is 12.3. The Balaban J connectivity index is 1.92. The predicted molar refractivity (Wildman–Crippen MR) is 105 cm³/mol. The average molecular weight is 408 g/mol. The molecule has 4 nitrogen and oxygen atoms in total. The van der Waals surface area contributed by atoms with E-state index in [4.69, 9.17) is 27.9 Å². The van der Waals surface area contributed by atoms with Gasteiger partial charge < -0.3 is 4.74 Å². The van der Waals surface area contributed by atoms with Gasteiger partial charge >= 0.3 is 0 Å². The van der Waals surface area contributed by atoms with Gasteiger partial charge in [0, 0.05) is 10.0 Å². The van der Waals surface area contributed by atoms with E-state index in [-0.39, 0.29) is 10.6 Å². The van der Waals surface area contributed by atoms with Crippen LogP contribution in [0.4, 0.5) is 5.69 Å². The molecule has 0 saturated heterocycles. The smallest absolute Gasteiger partial charge is 0.262 e. The van der Waals surface area contributed by atoms with Gasteiger partial charge in [-0.25, -0.2) is 8.42 Å². The minimum Gasteiger partial charge on any atom is -0.455 e. The Hall–Kier alpha value is -2.21. The number of sulfonamides is 1. The van der Waals surface area contributed by atoms with Crippen molar-refractivity contribution in [2.75, 3.05) is 4.72 Å². The van der Waals surface area contributed by atoms with Crippen LogP contribution in [-0.4, -0.2) is 8.42 Å². The molecule has 1 N–H and O–H groups in total. The molecule has 3 rings (SSSR count). The highest BCUT2D eigenvalue weighted by Crippen LogP contribution is 2.34. The summed E-state index contributed by atoms with van der Waals surface area (Å²) in [4.78, 5) is 0.153. The third-order valence-electron chi connectivity index (χ3n) is 3.56. The van der Waals surface area contributed by atoms with E-state index in [0.29, 0.717) is 21.5 Å². The fourth-order valence-corrected chi connectivity index (χ4v) is 3.58. The average Bonchev–Trinajstić information content (AvgIpc) is 2.59. The molecule has 26 heavy (non-hydrogen) atoms. The van der Waals surface area contributed by atoms with Crippen LogP contribution in [0.25, 0.3) is 0 Å². The summed E-state index contributed by atoms with van der Waals surface area (Å²) in [7, 11) is -3.78. The number of hydrogen-bond acceptors (Lipinski definition) is 3. The summed E-state index contributed by atoms with van der Waals surface area (Å²) in [5.41, 5.74) is 1.21. The number of aryl methyl sites for hydroxylation is 1. The van der Waals surface area contributed by atoms with E-state index >= 15 is 0 Å². The molecule has 0 spiro atoms. The van der Waals surface area contributed by atoms with E-state index in [0.717, 1.165) is 5.56 Å². The molecule has 0 radical (unpaired) electrons. The lowest BCUT2D eigenvalue weighted by Gasteiger charge is -2.14. The summed E-state index contributed by atoms with van der Waals surface area (Å²) < 4.78 is 33.6. The Morgan fingerprint density at radius 3 is 2.12 bits per heavy atom. The minimum atomic E-state index is -3.78. The van der Waals surface area contributed by atoms with E-state index in [1.54, 1.807) is 60.7 Å². The van der Waals surface area contributed by atoms with Crippen molar-refractivity contribution in [3.8, 4) is 11.5 Å². The van der Waals surface area contributed by atoms with Crippen LogP contribution < -0.4 is 9.46 Å². The van der Waals surface area contributed by atoms with Gasteiger partial charge in [0.15, 0.2) is 5.75 Å². The number of anilines is 1. The minimum absolute atomic E-state index is 0.153. The first-order valence-corrected chi connectivity index (χ1v) is 9.90. The molecule has 0 saturated carbocycles. The second kappa shape index (κ2) is 7.58. The van der Waals surface area contributed by atoms with Crippen molar-refractivity contribution >= 4 is 38.9 Å². The first-order valence-electron chi connectivity index (χ1n) is 7.66. The molecular weight excluding hydrogens is 393 g/mol. The van der Waals surface area contributed by atoms with E-state index in [1.807, 2.05) is 6.92 Å². The number of rotatable bonds is 5. The lowest BCUT2D eigenvalue weighted by Crippen LogP contribution is -2.13. The second-order valence-electron chi connectivity index (χ2n) is 5.62. The summed E-state index contributed by atoms with van der Waals surface area (Å²) in [5, 5.41) is 0.962. The Labute approximate surface area is 162 Å². The molecule has 134 valence electrons. The van der Waals surface area contributed by atoms with E-state index in [1.165, 1.54) is 6.07 Å². The zero-order valence-electron chi connectivity index (χ0n) is 13.7. The van der Waals surface area contributed by atoms with Crippen LogP contribution in [0.15, 0.2) is 71.6 Å². The van der Waals surface area contributed by atoms with Gasteiger partial charge in [0.25, 0.3) is 10.0 Å². The topological polar surface area (TPSA) is 55.4 Å². The van der Waals surface area contributed by atoms with Gasteiger partial charge in [-0.15, -0.1) is 0 Å². The van der Waals surface area contributed by atoms with Crippen molar-refractivity contribution in [1.29, 1.82) is 0 Å². The Morgan fingerprint density at radius 1 is 0.846 bits per heavy atom. The molecule has 0 fully saturated rings. The molecule has 0 amide bonds. The maximum absolute atomic E-state index is 12.6.